The van der Waals surface area contributed by atoms with Gasteiger partial charge in [-0.15, -0.1) is 0 Å². The number of fused-ring (bicyclic) bond motifs is 1. The Labute approximate surface area is 157 Å². The van der Waals surface area contributed by atoms with Crippen LogP contribution in [0.15, 0.2) is 48.5 Å². The molecular weight excluding hydrogens is 346 g/mol. The minimum atomic E-state index is -1.50. The molecule has 2 fully saturated rings. The summed E-state index contributed by atoms with van der Waals surface area (Å²) in [4.78, 5) is 11.9. The molecule has 4 rings (SSSR count). The van der Waals surface area contributed by atoms with Crippen LogP contribution < -0.4 is 4.74 Å². The van der Waals surface area contributed by atoms with Gasteiger partial charge in [0.15, 0.2) is 0 Å². The van der Waals surface area contributed by atoms with Crippen LogP contribution in [0, 0.1) is 23.0 Å². The second-order valence-corrected chi connectivity index (χ2v) is 7.50. The number of hydrogen-bond acceptors (Lipinski definition) is 5. The first-order valence-corrected chi connectivity index (χ1v) is 9.14. The number of rotatable bonds is 4. The van der Waals surface area contributed by atoms with Crippen molar-refractivity contribution in [1.82, 2.24) is 0 Å². The number of benzene rings is 2. The smallest absolute Gasteiger partial charge is 0.335 e. The molecule has 0 bridgehead atoms. The maximum absolute atomic E-state index is 12.2. The lowest BCUT2D eigenvalue weighted by Gasteiger charge is -2.56. The number of nitrogens with zero attached hydrogens (tertiary/aromatic N) is 1. The Morgan fingerprint density at radius 2 is 1.78 bits per heavy atom. The summed E-state index contributed by atoms with van der Waals surface area (Å²) in [6.45, 7) is 2.01. The number of ether oxygens (including phenoxy) is 2. The van der Waals surface area contributed by atoms with Gasteiger partial charge in [0, 0.05) is 5.92 Å². The first kappa shape index (κ1) is 17.9. The largest absolute Gasteiger partial charge is 0.497 e. The van der Waals surface area contributed by atoms with Crippen LogP contribution in [0.5, 0.6) is 5.75 Å². The van der Waals surface area contributed by atoms with Crippen molar-refractivity contribution in [2.45, 2.75) is 37.0 Å². The number of hydrogen-bond donors (Lipinski definition) is 1. The van der Waals surface area contributed by atoms with E-state index in [1.54, 1.807) is 7.11 Å². The highest BCUT2D eigenvalue weighted by Crippen LogP contribution is 2.64. The summed E-state index contributed by atoms with van der Waals surface area (Å²) in [5.74, 6) is -0.166. The molecule has 5 atom stereocenters. The molecule has 1 saturated heterocycles. The Morgan fingerprint density at radius 3 is 2.37 bits per heavy atom. The molecule has 1 heterocycles. The zero-order valence-electron chi connectivity index (χ0n) is 15.4. The van der Waals surface area contributed by atoms with Crippen LogP contribution in [0.3, 0.4) is 0 Å². The highest BCUT2D eigenvalue weighted by molar-refractivity contribution is 5.41. The summed E-state index contributed by atoms with van der Waals surface area (Å²) in [7, 11) is 1.59. The molecule has 0 spiro atoms. The third-order valence-electron chi connectivity index (χ3n) is 6.02. The number of methoxy groups -OCH3 is 1. The molecule has 0 aromatic heterocycles. The van der Waals surface area contributed by atoms with Crippen LogP contribution in [0.25, 0.3) is 0 Å². The lowest BCUT2D eigenvalue weighted by atomic mass is 9.51. The van der Waals surface area contributed by atoms with Gasteiger partial charge >= 0.3 is 5.72 Å². The van der Waals surface area contributed by atoms with E-state index >= 15 is 0 Å². The van der Waals surface area contributed by atoms with Crippen molar-refractivity contribution in [3.05, 3.63) is 75.3 Å². The van der Waals surface area contributed by atoms with E-state index in [2.05, 4.69) is 0 Å². The van der Waals surface area contributed by atoms with E-state index < -0.39 is 17.7 Å². The van der Waals surface area contributed by atoms with Crippen LogP contribution >= 0.6 is 0 Å². The SMILES string of the molecule is COc1ccc([C@@H]2[C@@H](c3ccc(C)cc3)[C@@H]3CC(O)CO[C@]23[N+](=O)[O-])cc1. The maximum Gasteiger partial charge on any atom is 0.335 e. The van der Waals surface area contributed by atoms with Gasteiger partial charge in [-0.2, -0.15) is 0 Å². The standard InChI is InChI=1S/C21H23NO5/c1-13-3-5-14(6-4-13)19-18-11-16(23)12-27-21(18,22(24)25)20(19)15-7-9-17(26-2)10-8-15/h3-10,16,18-20,23H,11-12H2,1-2H3/t16?,18-,19-,20+,21-/m0/s1. The fourth-order valence-electron chi connectivity index (χ4n) is 4.73. The van der Waals surface area contributed by atoms with Gasteiger partial charge in [0.1, 0.15) is 5.75 Å². The van der Waals surface area contributed by atoms with E-state index in [0.29, 0.717) is 12.2 Å². The van der Waals surface area contributed by atoms with Crippen LogP contribution in [-0.4, -0.2) is 35.6 Å². The molecule has 6 nitrogen and oxygen atoms in total. The summed E-state index contributed by atoms with van der Waals surface area (Å²) < 4.78 is 11.0. The van der Waals surface area contributed by atoms with Gasteiger partial charge in [-0.3, -0.25) is 10.1 Å². The predicted molar refractivity (Wildman–Crippen MR) is 99.4 cm³/mol. The fourth-order valence-corrected chi connectivity index (χ4v) is 4.73. The molecule has 2 aliphatic rings. The number of nitro groups is 1. The first-order valence-electron chi connectivity index (χ1n) is 9.14. The Hall–Kier alpha value is -2.44. The van der Waals surface area contributed by atoms with Gasteiger partial charge in [0.2, 0.25) is 0 Å². The van der Waals surface area contributed by atoms with E-state index in [1.807, 2.05) is 55.5 Å². The molecule has 142 valence electrons. The fraction of sp³-hybridized carbons (Fsp3) is 0.429. The molecule has 0 amide bonds. The number of aryl methyl sites for hydroxylation is 1. The van der Waals surface area contributed by atoms with Gasteiger partial charge in [-0.1, -0.05) is 42.0 Å². The quantitative estimate of drug-likeness (QED) is 0.661. The van der Waals surface area contributed by atoms with Crippen molar-refractivity contribution in [3.8, 4) is 5.75 Å². The second-order valence-electron chi connectivity index (χ2n) is 7.50. The molecule has 1 N–H and O–H groups in total. The van der Waals surface area contributed by atoms with Crippen molar-refractivity contribution in [1.29, 1.82) is 0 Å². The van der Waals surface area contributed by atoms with Crippen LogP contribution in [0.1, 0.15) is 34.9 Å². The summed E-state index contributed by atoms with van der Waals surface area (Å²) in [6.07, 6.45) is -0.306. The van der Waals surface area contributed by atoms with Crippen molar-refractivity contribution in [2.75, 3.05) is 13.7 Å². The van der Waals surface area contributed by atoms with Crippen LogP contribution in [0.2, 0.25) is 0 Å². The topological polar surface area (TPSA) is 81.8 Å². The third-order valence-corrected chi connectivity index (χ3v) is 6.02. The molecule has 27 heavy (non-hydrogen) atoms. The van der Waals surface area contributed by atoms with Gasteiger partial charge in [0.25, 0.3) is 0 Å². The average Bonchev–Trinajstić information content (AvgIpc) is 2.66. The Balaban J connectivity index is 1.81. The lowest BCUT2D eigenvalue weighted by Crippen LogP contribution is -2.69. The molecule has 2 aromatic rings. The average molecular weight is 369 g/mol. The minimum absolute atomic E-state index is 0.00917. The Bertz CT molecular complexity index is 835. The van der Waals surface area contributed by atoms with Gasteiger partial charge in [0.05, 0.1) is 36.6 Å². The third kappa shape index (κ3) is 2.71. The lowest BCUT2D eigenvalue weighted by molar-refractivity contribution is -0.675. The van der Waals surface area contributed by atoms with Gasteiger partial charge < -0.3 is 14.6 Å². The molecule has 1 unspecified atom stereocenters. The summed E-state index contributed by atoms with van der Waals surface area (Å²) >= 11 is 0. The van der Waals surface area contributed by atoms with Gasteiger partial charge in [-0.25, -0.2) is 0 Å². The van der Waals surface area contributed by atoms with Crippen molar-refractivity contribution in [3.63, 3.8) is 0 Å². The minimum Gasteiger partial charge on any atom is -0.497 e. The zero-order valence-corrected chi connectivity index (χ0v) is 15.4. The van der Waals surface area contributed by atoms with E-state index in [4.69, 9.17) is 9.47 Å². The molecule has 1 aliphatic carbocycles. The highest BCUT2D eigenvalue weighted by atomic mass is 16.7. The Kier molecular flexibility index (Phi) is 4.40. The Morgan fingerprint density at radius 1 is 1.15 bits per heavy atom. The van der Waals surface area contributed by atoms with E-state index in [-0.39, 0.29) is 23.4 Å². The van der Waals surface area contributed by atoms with Crippen LogP contribution in [-0.2, 0) is 4.74 Å². The molecule has 1 aliphatic heterocycles. The normalized spacial score (nSPS) is 32.3. The summed E-state index contributed by atoms with van der Waals surface area (Å²) in [6, 6.07) is 15.5. The zero-order chi connectivity index (χ0) is 19.2. The van der Waals surface area contributed by atoms with Crippen LogP contribution in [0.4, 0.5) is 0 Å². The summed E-state index contributed by atoms with van der Waals surface area (Å²) in [5, 5.41) is 22.3. The van der Waals surface area contributed by atoms with Crippen molar-refractivity contribution >= 4 is 0 Å². The van der Waals surface area contributed by atoms with Crippen molar-refractivity contribution in [2.24, 2.45) is 5.92 Å². The maximum atomic E-state index is 12.2. The van der Waals surface area contributed by atoms with Crippen molar-refractivity contribution < 1.29 is 19.5 Å². The van der Waals surface area contributed by atoms with E-state index in [1.165, 1.54) is 0 Å². The van der Waals surface area contributed by atoms with Gasteiger partial charge in [-0.05, 0) is 36.6 Å². The molecular formula is C21H23NO5. The molecule has 6 heteroatoms. The summed E-state index contributed by atoms with van der Waals surface area (Å²) in [5.41, 5.74) is 1.54. The monoisotopic (exact) mass is 369 g/mol. The predicted octanol–water partition coefficient (Wildman–Crippen LogP) is 3.26. The highest BCUT2D eigenvalue weighted by Gasteiger charge is 2.74. The second kappa shape index (κ2) is 6.62. The van der Waals surface area contributed by atoms with E-state index in [0.717, 1.165) is 16.7 Å². The molecule has 2 aromatic carbocycles. The molecule has 1 saturated carbocycles. The first-order chi connectivity index (χ1) is 13.0. The number of aliphatic hydroxyl groups excluding tert-OH is 1. The number of aliphatic hydroxyl groups is 1. The van der Waals surface area contributed by atoms with E-state index in [9.17, 15) is 15.2 Å². The molecule has 0 radical (unpaired) electrons.